The van der Waals surface area contributed by atoms with Crippen molar-refractivity contribution in [2.45, 2.75) is 40.5 Å². The van der Waals surface area contributed by atoms with Crippen molar-refractivity contribution in [2.75, 3.05) is 13.2 Å². The summed E-state index contributed by atoms with van der Waals surface area (Å²) in [5.74, 6) is 0.592. The minimum Gasteiger partial charge on any atom is -0.493 e. The molecule has 26 heavy (non-hydrogen) atoms. The fraction of sp³-hybridized carbons (Fsp3) is 0.450. The molecule has 0 amide bonds. The van der Waals surface area contributed by atoms with Gasteiger partial charge in [0.15, 0.2) is 6.29 Å². The molecule has 1 aromatic heterocycles. The lowest BCUT2D eigenvalue weighted by molar-refractivity contribution is 0.0504. The van der Waals surface area contributed by atoms with Gasteiger partial charge in [-0.1, -0.05) is 27.2 Å². The Hall–Kier alpha value is -2.21. The Morgan fingerprint density at radius 3 is 2.77 bits per heavy atom. The lowest BCUT2D eigenvalue weighted by Crippen LogP contribution is -2.06. The van der Waals surface area contributed by atoms with Crippen LogP contribution in [0.15, 0.2) is 18.2 Å². The quantitative estimate of drug-likeness (QED) is 0.353. The number of benzene rings is 1. The van der Waals surface area contributed by atoms with E-state index >= 15 is 0 Å². The number of aromatic nitrogens is 1. The van der Waals surface area contributed by atoms with Gasteiger partial charge in [0.1, 0.15) is 15.6 Å². The zero-order valence-electron chi connectivity index (χ0n) is 15.7. The van der Waals surface area contributed by atoms with Crippen LogP contribution in [0.3, 0.4) is 0 Å². The molecule has 0 fully saturated rings. The van der Waals surface area contributed by atoms with Crippen LogP contribution in [0, 0.1) is 12.8 Å². The van der Waals surface area contributed by atoms with E-state index in [9.17, 15) is 9.59 Å². The average molecular weight is 375 g/mol. The van der Waals surface area contributed by atoms with Gasteiger partial charge in [-0.25, -0.2) is 9.78 Å². The molecule has 2 rings (SSSR count). The van der Waals surface area contributed by atoms with Gasteiger partial charge in [0, 0.05) is 5.56 Å². The van der Waals surface area contributed by atoms with Gasteiger partial charge in [0.2, 0.25) is 0 Å². The number of unbranched alkanes of at least 4 members (excludes halogenated alkanes) is 1. The van der Waals surface area contributed by atoms with Gasteiger partial charge in [-0.05, 0) is 37.5 Å². The van der Waals surface area contributed by atoms with Crippen molar-refractivity contribution in [2.24, 2.45) is 5.92 Å². The Kier molecular flexibility index (Phi) is 7.33. The third-order valence-electron chi connectivity index (χ3n) is 3.67. The van der Waals surface area contributed by atoms with Crippen LogP contribution in [0.4, 0.5) is 0 Å². The highest BCUT2D eigenvalue weighted by Crippen LogP contribution is 2.31. The Labute approximate surface area is 158 Å². The minimum absolute atomic E-state index is 0.341. The normalized spacial score (nSPS) is 10.8. The molecule has 0 N–H and O–H groups in total. The van der Waals surface area contributed by atoms with Gasteiger partial charge in [-0.3, -0.25) is 4.79 Å². The first-order chi connectivity index (χ1) is 12.5. The molecule has 0 atom stereocenters. The lowest BCUT2D eigenvalue weighted by atomic mass is 10.1. The van der Waals surface area contributed by atoms with Crippen LogP contribution in [0.25, 0.3) is 10.6 Å². The number of rotatable bonds is 9. The van der Waals surface area contributed by atoms with Crippen LogP contribution in [0.2, 0.25) is 0 Å². The molecule has 0 bridgehead atoms. The lowest BCUT2D eigenvalue weighted by Gasteiger charge is -2.11. The molecular weight excluding hydrogens is 350 g/mol. The molecule has 1 aromatic carbocycles. The summed E-state index contributed by atoms with van der Waals surface area (Å²) in [4.78, 5) is 28.6. The van der Waals surface area contributed by atoms with Crippen LogP contribution >= 0.6 is 11.3 Å². The van der Waals surface area contributed by atoms with Gasteiger partial charge < -0.3 is 9.47 Å². The zero-order chi connectivity index (χ0) is 19.1. The monoisotopic (exact) mass is 375 g/mol. The molecule has 0 saturated heterocycles. The maximum atomic E-state index is 12.2. The number of nitrogens with zero attached hydrogens (tertiary/aromatic N) is 1. The van der Waals surface area contributed by atoms with Gasteiger partial charge in [0.05, 0.1) is 24.5 Å². The summed E-state index contributed by atoms with van der Waals surface area (Å²) in [5.41, 5.74) is 1.90. The summed E-state index contributed by atoms with van der Waals surface area (Å²) in [5, 5.41) is 0.684. The molecule has 6 heteroatoms. The second-order valence-electron chi connectivity index (χ2n) is 6.50. The SMILES string of the molecule is CCCCOC(=O)c1sc(-c2ccc(OCC(C)C)c(C=O)c2)nc1C. The van der Waals surface area contributed by atoms with E-state index < -0.39 is 0 Å². The van der Waals surface area contributed by atoms with Crippen LogP contribution in [0.1, 0.15) is 59.3 Å². The van der Waals surface area contributed by atoms with E-state index in [4.69, 9.17) is 9.47 Å². The highest BCUT2D eigenvalue weighted by atomic mass is 32.1. The first kappa shape index (κ1) is 20.1. The van der Waals surface area contributed by atoms with Crippen LogP contribution < -0.4 is 4.74 Å². The van der Waals surface area contributed by atoms with Crippen LogP contribution in [-0.2, 0) is 4.74 Å². The van der Waals surface area contributed by atoms with Crippen molar-refractivity contribution in [3.63, 3.8) is 0 Å². The van der Waals surface area contributed by atoms with E-state index in [-0.39, 0.29) is 5.97 Å². The van der Waals surface area contributed by atoms with Gasteiger partial charge in [-0.15, -0.1) is 11.3 Å². The second-order valence-corrected chi connectivity index (χ2v) is 7.50. The van der Waals surface area contributed by atoms with Gasteiger partial charge in [0.25, 0.3) is 0 Å². The summed E-state index contributed by atoms with van der Waals surface area (Å²) in [6.07, 6.45) is 2.59. The highest BCUT2D eigenvalue weighted by molar-refractivity contribution is 7.17. The Bertz CT molecular complexity index is 767. The Morgan fingerprint density at radius 1 is 1.35 bits per heavy atom. The van der Waals surface area contributed by atoms with Crippen molar-refractivity contribution < 1.29 is 19.1 Å². The highest BCUT2D eigenvalue weighted by Gasteiger charge is 2.18. The number of carbonyl (C=O) groups is 2. The van der Waals surface area contributed by atoms with Gasteiger partial charge in [-0.2, -0.15) is 0 Å². The average Bonchev–Trinajstić information content (AvgIpc) is 3.01. The van der Waals surface area contributed by atoms with E-state index in [1.807, 2.05) is 13.0 Å². The number of ether oxygens (including phenoxy) is 2. The number of hydrogen-bond donors (Lipinski definition) is 0. The molecule has 5 nitrogen and oxygen atoms in total. The smallest absolute Gasteiger partial charge is 0.350 e. The molecule has 2 aromatic rings. The molecular formula is C20H25NO4S. The first-order valence-corrected chi connectivity index (χ1v) is 9.64. The summed E-state index contributed by atoms with van der Waals surface area (Å²) in [6, 6.07) is 5.37. The topological polar surface area (TPSA) is 65.5 Å². The van der Waals surface area contributed by atoms with E-state index in [0.29, 0.717) is 46.0 Å². The number of thiazole rings is 1. The third-order valence-corrected chi connectivity index (χ3v) is 4.86. The molecule has 0 saturated carbocycles. The number of carbonyl (C=O) groups excluding carboxylic acids is 2. The Balaban J connectivity index is 2.22. The fourth-order valence-electron chi connectivity index (χ4n) is 2.25. The first-order valence-electron chi connectivity index (χ1n) is 8.83. The van der Waals surface area contributed by atoms with E-state index in [2.05, 4.69) is 18.8 Å². The van der Waals surface area contributed by atoms with Crippen molar-refractivity contribution >= 4 is 23.6 Å². The number of aryl methyl sites for hydroxylation is 1. The molecule has 0 unspecified atom stereocenters. The predicted octanol–water partition coefficient (Wildman–Crippen LogP) is 4.92. The maximum Gasteiger partial charge on any atom is 0.350 e. The van der Waals surface area contributed by atoms with Crippen LogP contribution in [0.5, 0.6) is 5.75 Å². The maximum absolute atomic E-state index is 12.2. The molecule has 0 aliphatic heterocycles. The summed E-state index contributed by atoms with van der Waals surface area (Å²) >= 11 is 1.28. The molecule has 1 heterocycles. The van der Waals surface area contributed by atoms with E-state index in [1.54, 1.807) is 19.1 Å². The predicted molar refractivity (Wildman–Crippen MR) is 103 cm³/mol. The Morgan fingerprint density at radius 2 is 2.12 bits per heavy atom. The van der Waals surface area contributed by atoms with Crippen molar-refractivity contribution in [3.05, 3.63) is 34.3 Å². The van der Waals surface area contributed by atoms with Crippen molar-refractivity contribution in [1.29, 1.82) is 0 Å². The number of esters is 1. The third kappa shape index (κ3) is 5.14. The second kappa shape index (κ2) is 9.48. The van der Waals surface area contributed by atoms with Gasteiger partial charge >= 0.3 is 5.97 Å². The zero-order valence-corrected chi connectivity index (χ0v) is 16.5. The molecule has 0 spiro atoms. The van der Waals surface area contributed by atoms with E-state index in [0.717, 1.165) is 24.7 Å². The minimum atomic E-state index is -0.341. The number of hydrogen-bond acceptors (Lipinski definition) is 6. The molecule has 140 valence electrons. The fourth-order valence-corrected chi connectivity index (χ4v) is 3.20. The van der Waals surface area contributed by atoms with Crippen molar-refractivity contribution in [3.8, 4) is 16.3 Å². The standard InChI is InChI=1S/C20H25NO4S/c1-5-6-9-24-20(23)18-14(4)21-19(26-18)15-7-8-17(16(10-15)11-22)25-12-13(2)3/h7-8,10-11,13H,5-6,9,12H2,1-4H3. The summed E-state index contributed by atoms with van der Waals surface area (Å²) in [6.45, 7) is 8.90. The summed E-state index contributed by atoms with van der Waals surface area (Å²) < 4.78 is 11.0. The molecule has 0 aliphatic rings. The largest absolute Gasteiger partial charge is 0.493 e. The summed E-state index contributed by atoms with van der Waals surface area (Å²) in [7, 11) is 0. The number of aldehydes is 1. The van der Waals surface area contributed by atoms with E-state index in [1.165, 1.54) is 11.3 Å². The van der Waals surface area contributed by atoms with Crippen molar-refractivity contribution in [1.82, 2.24) is 4.98 Å². The molecule has 0 radical (unpaired) electrons. The van der Waals surface area contributed by atoms with Crippen LogP contribution in [-0.4, -0.2) is 30.5 Å². The molecule has 0 aliphatic carbocycles.